The average molecular weight is 232 g/mol. The maximum Gasteiger partial charge on any atom is 0.151 e. The molecule has 2 heterocycles. The number of piperidine rings is 1. The summed E-state index contributed by atoms with van der Waals surface area (Å²) in [5.41, 5.74) is 0.651. The van der Waals surface area contributed by atoms with E-state index < -0.39 is 0 Å². The van der Waals surface area contributed by atoms with E-state index in [1.165, 1.54) is 32.1 Å². The molecule has 0 radical (unpaired) electrons. The van der Waals surface area contributed by atoms with E-state index in [0.29, 0.717) is 11.6 Å². The molecule has 1 aliphatic rings. The zero-order valence-electron chi connectivity index (χ0n) is 10.4. The van der Waals surface area contributed by atoms with Crippen molar-refractivity contribution in [1.29, 1.82) is 0 Å². The van der Waals surface area contributed by atoms with Gasteiger partial charge in [-0.15, -0.1) is 0 Å². The van der Waals surface area contributed by atoms with Gasteiger partial charge >= 0.3 is 0 Å². The Balaban J connectivity index is 2.14. The molecule has 3 heteroatoms. The van der Waals surface area contributed by atoms with Crippen LogP contribution in [-0.4, -0.2) is 23.9 Å². The molecule has 0 aromatic carbocycles. The summed E-state index contributed by atoms with van der Waals surface area (Å²) in [6.45, 7) is 3.33. The number of carbonyl (C=O) groups is 1. The summed E-state index contributed by atoms with van der Waals surface area (Å²) >= 11 is 0. The van der Waals surface area contributed by atoms with Gasteiger partial charge in [-0.2, -0.15) is 0 Å². The second-order valence-corrected chi connectivity index (χ2v) is 4.70. The SMILES string of the molecule is CCCC1CCCCN1c1ccc(C=O)cn1. The predicted octanol–water partition coefficient (Wildman–Crippen LogP) is 3.05. The standard InChI is InChI=1S/C14H20N2O/c1-2-5-13-6-3-4-9-16(13)14-8-7-12(11-17)10-15-14/h7-8,10-11,13H,2-6,9H2,1H3. The van der Waals surface area contributed by atoms with Crippen LogP contribution in [0.25, 0.3) is 0 Å². The van der Waals surface area contributed by atoms with E-state index in [-0.39, 0.29) is 0 Å². The van der Waals surface area contributed by atoms with Crippen LogP contribution in [-0.2, 0) is 0 Å². The summed E-state index contributed by atoms with van der Waals surface area (Å²) < 4.78 is 0. The van der Waals surface area contributed by atoms with Crippen molar-refractivity contribution in [3.63, 3.8) is 0 Å². The van der Waals surface area contributed by atoms with Crippen molar-refractivity contribution in [2.24, 2.45) is 0 Å². The minimum Gasteiger partial charge on any atom is -0.354 e. The third kappa shape index (κ3) is 2.84. The number of pyridine rings is 1. The Morgan fingerprint density at radius 2 is 2.35 bits per heavy atom. The quantitative estimate of drug-likeness (QED) is 0.748. The molecule has 0 aliphatic carbocycles. The highest BCUT2D eigenvalue weighted by atomic mass is 16.1. The smallest absolute Gasteiger partial charge is 0.151 e. The predicted molar refractivity (Wildman–Crippen MR) is 69.5 cm³/mol. The van der Waals surface area contributed by atoms with Gasteiger partial charge in [0.15, 0.2) is 6.29 Å². The van der Waals surface area contributed by atoms with Crippen LogP contribution in [0.2, 0.25) is 0 Å². The third-order valence-corrected chi connectivity index (χ3v) is 3.45. The Morgan fingerprint density at radius 3 is 3.00 bits per heavy atom. The monoisotopic (exact) mass is 232 g/mol. The van der Waals surface area contributed by atoms with Gasteiger partial charge in [0.2, 0.25) is 0 Å². The molecule has 3 nitrogen and oxygen atoms in total. The van der Waals surface area contributed by atoms with Crippen molar-refractivity contribution in [1.82, 2.24) is 4.98 Å². The number of rotatable bonds is 4. The number of hydrogen-bond donors (Lipinski definition) is 0. The molecule has 0 N–H and O–H groups in total. The van der Waals surface area contributed by atoms with Crippen LogP contribution in [0.4, 0.5) is 5.82 Å². The fourth-order valence-electron chi connectivity index (χ4n) is 2.57. The fourth-order valence-corrected chi connectivity index (χ4v) is 2.57. The number of aldehydes is 1. The lowest BCUT2D eigenvalue weighted by Crippen LogP contribution is -2.39. The Labute approximate surface area is 103 Å². The maximum absolute atomic E-state index is 10.6. The summed E-state index contributed by atoms with van der Waals surface area (Å²) in [6.07, 6.45) is 8.80. The zero-order valence-corrected chi connectivity index (χ0v) is 10.4. The van der Waals surface area contributed by atoms with Crippen LogP contribution in [0, 0.1) is 0 Å². The lowest BCUT2D eigenvalue weighted by molar-refractivity contribution is 0.112. The summed E-state index contributed by atoms with van der Waals surface area (Å²) in [7, 11) is 0. The molecule has 0 saturated carbocycles. The molecule has 1 unspecified atom stereocenters. The van der Waals surface area contributed by atoms with Gasteiger partial charge in [-0.1, -0.05) is 13.3 Å². The fraction of sp³-hybridized carbons (Fsp3) is 0.571. The first-order chi connectivity index (χ1) is 8.35. The minimum atomic E-state index is 0.628. The largest absolute Gasteiger partial charge is 0.354 e. The molecular formula is C14H20N2O. The van der Waals surface area contributed by atoms with E-state index in [1.807, 2.05) is 12.1 Å². The first kappa shape index (κ1) is 12.1. The van der Waals surface area contributed by atoms with Gasteiger partial charge in [-0.25, -0.2) is 4.98 Å². The van der Waals surface area contributed by atoms with Crippen LogP contribution >= 0.6 is 0 Å². The molecule has 1 aromatic heterocycles. The lowest BCUT2D eigenvalue weighted by Gasteiger charge is -2.36. The molecule has 1 saturated heterocycles. The lowest BCUT2D eigenvalue weighted by atomic mass is 9.98. The number of anilines is 1. The van der Waals surface area contributed by atoms with E-state index >= 15 is 0 Å². The van der Waals surface area contributed by atoms with E-state index in [9.17, 15) is 4.79 Å². The molecule has 17 heavy (non-hydrogen) atoms. The number of carbonyl (C=O) groups excluding carboxylic acids is 1. The Bertz CT molecular complexity index is 359. The molecule has 1 aromatic rings. The zero-order chi connectivity index (χ0) is 12.1. The summed E-state index contributed by atoms with van der Waals surface area (Å²) in [5, 5.41) is 0. The van der Waals surface area contributed by atoms with Crippen LogP contribution in [0.15, 0.2) is 18.3 Å². The van der Waals surface area contributed by atoms with Crippen molar-refractivity contribution in [2.45, 2.75) is 45.1 Å². The highest BCUT2D eigenvalue weighted by Crippen LogP contribution is 2.25. The van der Waals surface area contributed by atoms with Gasteiger partial charge in [-0.05, 0) is 37.8 Å². The molecular weight excluding hydrogens is 212 g/mol. The van der Waals surface area contributed by atoms with E-state index in [0.717, 1.165) is 18.6 Å². The minimum absolute atomic E-state index is 0.628. The third-order valence-electron chi connectivity index (χ3n) is 3.45. The van der Waals surface area contributed by atoms with E-state index in [4.69, 9.17) is 0 Å². The van der Waals surface area contributed by atoms with Gasteiger partial charge in [0.1, 0.15) is 5.82 Å². The summed E-state index contributed by atoms with van der Waals surface area (Å²) in [4.78, 5) is 17.4. The number of aromatic nitrogens is 1. The van der Waals surface area contributed by atoms with Crippen molar-refractivity contribution in [3.8, 4) is 0 Å². The average Bonchev–Trinajstić information content (AvgIpc) is 2.40. The highest BCUT2D eigenvalue weighted by molar-refractivity contribution is 5.74. The summed E-state index contributed by atoms with van der Waals surface area (Å²) in [5.74, 6) is 1.02. The second kappa shape index (κ2) is 5.80. The van der Waals surface area contributed by atoms with Crippen molar-refractivity contribution >= 4 is 12.1 Å². The van der Waals surface area contributed by atoms with Gasteiger partial charge in [0.25, 0.3) is 0 Å². The van der Waals surface area contributed by atoms with Crippen molar-refractivity contribution < 1.29 is 4.79 Å². The number of nitrogens with zero attached hydrogens (tertiary/aromatic N) is 2. The van der Waals surface area contributed by atoms with Gasteiger partial charge in [0.05, 0.1) is 0 Å². The normalized spacial score (nSPS) is 20.3. The molecule has 0 spiro atoms. The molecule has 1 fully saturated rings. The molecule has 0 bridgehead atoms. The van der Waals surface area contributed by atoms with E-state index in [1.54, 1.807) is 6.20 Å². The summed E-state index contributed by atoms with van der Waals surface area (Å²) in [6, 6.07) is 4.45. The first-order valence-corrected chi connectivity index (χ1v) is 6.53. The van der Waals surface area contributed by atoms with Crippen molar-refractivity contribution in [3.05, 3.63) is 23.9 Å². The Kier molecular flexibility index (Phi) is 4.13. The van der Waals surface area contributed by atoms with Gasteiger partial charge in [0, 0.05) is 24.3 Å². The van der Waals surface area contributed by atoms with Gasteiger partial charge in [-0.3, -0.25) is 4.79 Å². The topological polar surface area (TPSA) is 33.2 Å². The Morgan fingerprint density at radius 1 is 1.47 bits per heavy atom. The number of hydrogen-bond acceptors (Lipinski definition) is 3. The molecule has 0 amide bonds. The first-order valence-electron chi connectivity index (χ1n) is 6.53. The highest BCUT2D eigenvalue weighted by Gasteiger charge is 2.22. The van der Waals surface area contributed by atoms with Crippen LogP contribution in [0.3, 0.4) is 0 Å². The maximum atomic E-state index is 10.6. The molecule has 2 rings (SSSR count). The van der Waals surface area contributed by atoms with E-state index in [2.05, 4.69) is 16.8 Å². The van der Waals surface area contributed by atoms with Crippen LogP contribution < -0.4 is 4.90 Å². The van der Waals surface area contributed by atoms with Crippen LogP contribution in [0.5, 0.6) is 0 Å². The Hall–Kier alpha value is -1.38. The van der Waals surface area contributed by atoms with Crippen LogP contribution in [0.1, 0.15) is 49.4 Å². The second-order valence-electron chi connectivity index (χ2n) is 4.70. The molecule has 92 valence electrons. The van der Waals surface area contributed by atoms with Gasteiger partial charge < -0.3 is 4.90 Å². The molecule has 1 aliphatic heterocycles. The molecule has 1 atom stereocenters. The van der Waals surface area contributed by atoms with Crippen molar-refractivity contribution in [2.75, 3.05) is 11.4 Å².